The lowest BCUT2D eigenvalue weighted by molar-refractivity contribution is -0.123. The van der Waals surface area contributed by atoms with Crippen molar-refractivity contribution in [1.29, 1.82) is 0 Å². The van der Waals surface area contributed by atoms with Crippen molar-refractivity contribution in [3.63, 3.8) is 0 Å². The van der Waals surface area contributed by atoms with Crippen LogP contribution in [-0.2, 0) is 16.0 Å². The highest BCUT2D eigenvalue weighted by atomic mass is 32.1. The fraction of sp³-hybridized carbons (Fsp3) is 0.286. The highest BCUT2D eigenvalue weighted by Crippen LogP contribution is 2.21. The summed E-state index contributed by atoms with van der Waals surface area (Å²) in [4.78, 5) is 30.4. The van der Waals surface area contributed by atoms with Gasteiger partial charge in [0.1, 0.15) is 17.3 Å². The lowest BCUT2D eigenvalue weighted by Gasteiger charge is -2.19. The monoisotopic (exact) mass is 432 g/mol. The number of carbonyl (C=O) groups excluding carboxylic acids is 2. The molecule has 30 heavy (non-hydrogen) atoms. The number of amides is 2. The lowest BCUT2D eigenvalue weighted by Crippen LogP contribution is -2.41. The van der Waals surface area contributed by atoms with Crippen LogP contribution in [0.3, 0.4) is 0 Å². The number of nitrogens with one attached hydrogen (secondary N) is 2. The number of para-hydroxylation sites is 2. The molecule has 0 aliphatic rings. The molecule has 0 saturated carbocycles. The zero-order valence-corrected chi connectivity index (χ0v) is 17.3. The van der Waals surface area contributed by atoms with Crippen LogP contribution in [0.25, 0.3) is 10.2 Å². The first-order valence-electron chi connectivity index (χ1n) is 9.53. The molecule has 2 N–H and O–H groups in total. The van der Waals surface area contributed by atoms with E-state index in [2.05, 4.69) is 15.6 Å². The van der Waals surface area contributed by atoms with Gasteiger partial charge in [0, 0.05) is 13.0 Å². The van der Waals surface area contributed by atoms with Crippen molar-refractivity contribution in [2.24, 2.45) is 0 Å². The Morgan fingerprint density at radius 1 is 1.03 bits per heavy atom. The molecule has 0 spiro atoms. The maximum absolute atomic E-state index is 13.7. The molecule has 2 amide bonds. The second-order valence-electron chi connectivity index (χ2n) is 6.62. The molecular weight excluding hydrogens is 410 g/mol. The zero-order chi connectivity index (χ0) is 21.5. The number of anilines is 1. The molecule has 2 aromatic carbocycles. The average Bonchev–Trinajstić information content (AvgIpc) is 3.13. The second-order valence-corrected chi connectivity index (χ2v) is 7.74. The maximum atomic E-state index is 13.7. The van der Waals surface area contributed by atoms with Gasteiger partial charge in [-0.1, -0.05) is 25.1 Å². The Morgan fingerprint density at radius 3 is 2.43 bits per heavy atom. The average molecular weight is 432 g/mol. The maximum Gasteiger partial charge on any atom is 0.238 e. The molecule has 0 radical (unpaired) electrons. The van der Waals surface area contributed by atoms with Crippen LogP contribution in [0.4, 0.5) is 14.5 Å². The third-order valence-corrected chi connectivity index (χ3v) is 5.50. The van der Waals surface area contributed by atoms with Gasteiger partial charge >= 0.3 is 0 Å². The summed E-state index contributed by atoms with van der Waals surface area (Å²) in [7, 11) is 0. The van der Waals surface area contributed by atoms with E-state index in [-0.39, 0.29) is 19.0 Å². The first-order valence-corrected chi connectivity index (χ1v) is 10.3. The number of hydrogen-bond acceptors (Lipinski definition) is 5. The molecule has 0 unspecified atom stereocenters. The minimum Gasteiger partial charge on any atom is -0.355 e. The Morgan fingerprint density at radius 2 is 1.73 bits per heavy atom. The van der Waals surface area contributed by atoms with Crippen LogP contribution >= 0.6 is 11.3 Å². The van der Waals surface area contributed by atoms with Crippen molar-refractivity contribution in [1.82, 2.24) is 15.2 Å². The van der Waals surface area contributed by atoms with Gasteiger partial charge < -0.3 is 10.6 Å². The fourth-order valence-electron chi connectivity index (χ4n) is 2.87. The molecule has 0 bridgehead atoms. The van der Waals surface area contributed by atoms with Crippen molar-refractivity contribution in [3.8, 4) is 0 Å². The van der Waals surface area contributed by atoms with Gasteiger partial charge in [-0.15, -0.1) is 11.3 Å². The molecule has 6 nitrogen and oxygen atoms in total. The highest BCUT2D eigenvalue weighted by molar-refractivity contribution is 7.18. The molecule has 9 heteroatoms. The van der Waals surface area contributed by atoms with Crippen molar-refractivity contribution in [3.05, 3.63) is 59.1 Å². The SMILES string of the molecule is CCN(CC(=O)NCCc1nc2ccccc2s1)CC(=O)Nc1c(F)cccc1F. The number of nitrogens with zero attached hydrogens (tertiary/aromatic N) is 2. The Labute approximate surface area is 176 Å². The summed E-state index contributed by atoms with van der Waals surface area (Å²) in [6.07, 6.45) is 0.615. The van der Waals surface area contributed by atoms with Crippen molar-refractivity contribution in [2.75, 3.05) is 31.5 Å². The molecule has 0 saturated heterocycles. The third kappa shape index (κ3) is 5.80. The van der Waals surface area contributed by atoms with Gasteiger partial charge in [0.15, 0.2) is 0 Å². The normalized spacial score (nSPS) is 11.1. The molecule has 0 fully saturated rings. The smallest absolute Gasteiger partial charge is 0.238 e. The summed E-state index contributed by atoms with van der Waals surface area (Å²) in [5.41, 5.74) is 0.456. The van der Waals surface area contributed by atoms with Crippen LogP contribution in [0.2, 0.25) is 0 Å². The minimum absolute atomic E-state index is 0.00349. The lowest BCUT2D eigenvalue weighted by atomic mass is 10.3. The summed E-state index contributed by atoms with van der Waals surface area (Å²) in [5, 5.41) is 5.98. The Hall–Kier alpha value is -2.91. The molecule has 3 aromatic rings. The van der Waals surface area contributed by atoms with Crippen molar-refractivity contribution in [2.45, 2.75) is 13.3 Å². The summed E-state index contributed by atoms with van der Waals surface area (Å²) in [5.74, 6) is -2.52. The standard InChI is InChI=1S/C21H22F2N4O2S/c1-2-27(13-19(29)26-21-14(22)6-5-7-15(21)23)12-18(28)24-11-10-20-25-16-8-3-4-9-17(16)30-20/h3-9H,2,10-13H2,1H3,(H,24,28)(H,26,29). The first kappa shape index (κ1) is 21.8. The van der Waals surface area contributed by atoms with Crippen LogP contribution in [0.1, 0.15) is 11.9 Å². The van der Waals surface area contributed by atoms with Crippen LogP contribution in [0, 0.1) is 11.6 Å². The highest BCUT2D eigenvalue weighted by Gasteiger charge is 2.16. The van der Waals surface area contributed by atoms with Gasteiger partial charge in [-0.05, 0) is 30.8 Å². The van der Waals surface area contributed by atoms with Crippen LogP contribution in [-0.4, -0.2) is 47.9 Å². The number of fused-ring (bicyclic) bond motifs is 1. The van der Waals surface area contributed by atoms with Gasteiger partial charge in [0.05, 0.1) is 28.3 Å². The van der Waals surface area contributed by atoms with E-state index < -0.39 is 23.2 Å². The summed E-state index contributed by atoms with van der Waals surface area (Å²) in [6, 6.07) is 11.2. The van der Waals surface area contributed by atoms with E-state index in [0.717, 1.165) is 27.4 Å². The van der Waals surface area contributed by atoms with Crippen molar-refractivity contribution >= 4 is 39.1 Å². The van der Waals surface area contributed by atoms with E-state index in [1.165, 1.54) is 6.07 Å². The number of rotatable bonds is 9. The van der Waals surface area contributed by atoms with E-state index in [1.54, 1.807) is 23.2 Å². The van der Waals surface area contributed by atoms with Gasteiger partial charge in [0.25, 0.3) is 0 Å². The Balaban J connectivity index is 1.45. The van der Waals surface area contributed by atoms with E-state index in [0.29, 0.717) is 19.5 Å². The van der Waals surface area contributed by atoms with Crippen LogP contribution in [0.5, 0.6) is 0 Å². The fourth-order valence-corrected chi connectivity index (χ4v) is 3.84. The van der Waals surface area contributed by atoms with E-state index >= 15 is 0 Å². The van der Waals surface area contributed by atoms with E-state index in [1.807, 2.05) is 24.3 Å². The first-order chi connectivity index (χ1) is 14.5. The molecular formula is C21H22F2N4O2S. The van der Waals surface area contributed by atoms with Gasteiger partial charge in [0.2, 0.25) is 11.8 Å². The number of aromatic nitrogens is 1. The van der Waals surface area contributed by atoms with Gasteiger partial charge in [-0.3, -0.25) is 14.5 Å². The molecule has 3 rings (SSSR count). The second kappa shape index (κ2) is 10.2. The topological polar surface area (TPSA) is 74.3 Å². The number of likely N-dealkylation sites (N-methyl/N-ethyl adjacent to an activating group) is 1. The largest absolute Gasteiger partial charge is 0.355 e. The van der Waals surface area contributed by atoms with E-state index in [4.69, 9.17) is 0 Å². The van der Waals surface area contributed by atoms with Gasteiger partial charge in [-0.25, -0.2) is 13.8 Å². The number of carbonyl (C=O) groups is 2. The molecule has 0 aliphatic carbocycles. The quantitative estimate of drug-likeness (QED) is 0.545. The van der Waals surface area contributed by atoms with E-state index in [9.17, 15) is 18.4 Å². The van der Waals surface area contributed by atoms with Gasteiger partial charge in [-0.2, -0.15) is 0 Å². The summed E-state index contributed by atoms with van der Waals surface area (Å²) < 4.78 is 28.4. The molecule has 0 aliphatic heterocycles. The third-order valence-electron chi connectivity index (χ3n) is 4.41. The predicted octanol–water partition coefficient (Wildman–Crippen LogP) is 3.19. The molecule has 1 aromatic heterocycles. The number of hydrogen-bond donors (Lipinski definition) is 2. The van der Waals surface area contributed by atoms with Crippen LogP contribution in [0.15, 0.2) is 42.5 Å². The van der Waals surface area contributed by atoms with Crippen molar-refractivity contribution < 1.29 is 18.4 Å². The Bertz CT molecular complexity index is 988. The van der Waals surface area contributed by atoms with Crippen LogP contribution < -0.4 is 10.6 Å². The number of benzene rings is 2. The molecule has 1 heterocycles. The number of thiazole rings is 1. The minimum atomic E-state index is -0.848. The Kier molecular flexibility index (Phi) is 7.42. The predicted molar refractivity (Wildman–Crippen MR) is 113 cm³/mol. The zero-order valence-electron chi connectivity index (χ0n) is 16.5. The molecule has 0 atom stereocenters. The molecule has 158 valence electrons. The summed E-state index contributed by atoms with van der Waals surface area (Å²) in [6.45, 7) is 2.51. The number of halogens is 2. The summed E-state index contributed by atoms with van der Waals surface area (Å²) >= 11 is 1.59.